The van der Waals surface area contributed by atoms with Crippen LogP contribution in [0.5, 0.6) is 0 Å². The van der Waals surface area contributed by atoms with Crippen LogP contribution in [0, 0.1) is 0 Å². The Kier molecular flexibility index (Phi) is 4.10. The first kappa shape index (κ1) is 14.6. The number of piperazine rings is 1. The maximum absolute atomic E-state index is 12.4. The van der Waals surface area contributed by atoms with E-state index in [1.807, 2.05) is 18.1 Å². The van der Waals surface area contributed by atoms with Gasteiger partial charge in [-0.15, -0.1) is 0 Å². The van der Waals surface area contributed by atoms with Gasteiger partial charge in [0.15, 0.2) is 0 Å². The van der Waals surface area contributed by atoms with E-state index in [-0.39, 0.29) is 12.1 Å². The third kappa shape index (κ3) is 2.96. The average Bonchev–Trinajstić information content (AvgIpc) is 3.18. The van der Waals surface area contributed by atoms with Crippen molar-refractivity contribution in [3.63, 3.8) is 0 Å². The van der Waals surface area contributed by atoms with E-state index in [2.05, 4.69) is 32.2 Å². The second kappa shape index (κ2) is 6.18. The third-order valence-electron chi connectivity index (χ3n) is 3.98. The summed E-state index contributed by atoms with van der Waals surface area (Å²) in [5, 5.41) is 6.94. The van der Waals surface area contributed by atoms with Crippen LogP contribution in [0.4, 0.5) is 10.5 Å². The summed E-state index contributed by atoms with van der Waals surface area (Å²) in [7, 11) is 1.82. The summed E-state index contributed by atoms with van der Waals surface area (Å²) in [4.78, 5) is 24.1. The van der Waals surface area contributed by atoms with Crippen LogP contribution in [0.15, 0.2) is 24.8 Å². The molecule has 1 fully saturated rings. The minimum Gasteiger partial charge on any atom is -0.347 e. The first-order valence-corrected chi connectivity index (χ1v) is 7.45. The molecule has 8 nitrogen and oxygen atoms in total. The molecular weight excluding hydrogens is 282 g/mol. The number of imidazole rings is 1. The molecule has 1 aliphatic rings. The average molecular weight is 303 g/mol. The number of aromatic nitrogens is 4. The molecule has 0 aliphatic carbocycles. The zero-order valence-electron chi connectivity index (χ0n) is 12.9. The standard InChI is InChI=1S/C14H21N7O/c1-3-20-6-7-21(10-12(20)13-15-4-5-16-13)14(22)18-11-8-17-19(2)9-11/h4-5,8-9,12H,3,6-7,10H2,1-2H3,(H,15,16)(H,18,22)/t12-/m1/s1. The number of likely N-dealkylation sites (N-methyl/N-ethyl adjacent to an activating group) is 1. The monoisotopic (exact) mass is 303 g/mol. The number of carbonyl (C=O) groups is 1. The van der Waals surface area contributed by atoms with E-state index in [0.717, 1.165) is 18.9 Å². The molecule has 1 aliphatic heterocycles. The van der Waals surface area contributed by atoms with Crippen molar-refractivity contribution in [2.45, 2.75) is 13.0 Å². The lowest BCUT2D eigenvalue weighted by Crippen LogP contribution is -2.51. The highest BCUT2D eigenvalue weighted by molar-refractivity contribution is 5.89. The summed E-state index contributed by atoms with van der Waals surface area (Å²) in [6.07, 6.45) is 6.99. The number of anilines is 1. The van der Waals surface area contributed by atoms with Crippen LogP contribution < -0.4 is 5.32 Å². The number of urea groups is 1. The van der Waals surface area contributed by atoms with E-state index in [1.165, 1.54) is 0 Å². The zero-order valence-corrected chi connectivity index (χ0v) is 12.9. The van der Waals surface area contributed by atoms with Crippen molar-refractivity contribution in [2.24, 2.45) is 7.05 Å². The van der Waals surface area contributed by atoms with Crippen LogP contribution in [0.3, 0.4) is 0 Å². The predicted molar refractivity (Wildman–Crippen MR) is 82.4 cm³/mol. The quantitative estimate of drug-likeness (QED) is 0.888. The van der Waals surface area contributed by atoms with Gasteiger partial charge in [-0.25, -0.2) is 9.78 Å². The van der Waals surface area contributed by atoms with Crippen molar-refractivity contribution in [2.75, 3.05) is 31.5 Å². The molecule has 8 heteroatoms. The van der Waals surface area contributed by atoms with Crippen molar-refractivity contribution < 1.29 is 4.79 Å². The van der Waals surface area contributed by atoms with E-state index in [9.17, 15) is 4.79 Å². The first-order valence-electron chi connectivity index (χ1n) is 7.45. The molecule has 2 aromatic heterocycles. The highest BCUT2D eigenvalue weighted by Gasteiger charge is 2.31. The molecule has 0 unspecified atom stereocenters. The minimum atomic E-state index is -0.0969. The number of amides is 2. The number of carbonyl (C=O) groups excluding carboxylic acids is 1. The van der Waals surface area contributed by atoms with Gasteiger partial charge in [-0.1, -0.05) is 6.92 Å². The molecule has 0 bridgehead atoms. The fourth-order valence-corrected chi connectivity index (χ4v) is 2.79. The lowest BCUT2D eigenvalue weighted by Gasteiger charge is -2.39. The van der Waals surface area contributed by atoms with Gasteiger partial charge in [0.25, 0.3) is 0 Å². The molecule has 1 atom stereocenters. The topological polar surface area (TPSA) is 82.1 Å². The first-order chi connectivity index (χ1) is 10.7. The Morgan fingerprint density at radius 1 is 1.50 bits per heavy atom. The van der Waals surface area contributed by atoms with E-state index in [0.29, 0.717) is 18.8 Å². The molecule has 2 amide bonds. The Balaban J connectivity index is 1.68. The van der Waals surface area contributed by atoms with Gasteiger partial charge >= 0.3 is 6.03 Å². The van der Waals surface area contributed by atoms with Crippen molar-refractivity contribution in [1.29, 1.82) is 0 Å². The molecule has 0 radical (unpaired) electrons. The highest BCUT2D eigenvalue weighted by atomic mass is 16.2. The molecule has 2 aromatic rings. The fourth-order valence-electron chi connectivity index (χ4n) is 2.79. The van der Waals surface area contributed by atoms with Crippen LogP contribution in [0.25, 0.3) is 0 Å². The lowest BCUT2D eigenvalue weighted by molar-refractivity contribution is 0.0946. The Morgan fingerprint density at radius 2 is 2.36 bits per heavy atom. The number of aryl methyl sites for hydroxylation is 1. The molecule has 3 rings (SSSR count). The number of hydrogen-bond donors (Lipinski definition) is 2. The number of nitrogens with one attached hydrogen (secondary N) is 2. The minimum absolute atomic E-state index is 0.0969. The summed E-state index contributed by atoms with van der Waals surface area (Å²) >= 11 is 0. The normalized spacial score (nSPS) is 19.4. The molecule has 0 aromatic carbocycles. The third-order valence-corrected chi connectivity index (χ3v) is 3.98. The van der Waals surface area contributed by atoms with Crippen LogP contribution in [0.2, 0.25) is 0 Å². The summed E-state index contributed by atoms with van der Waals surface area (Å²) < 4.78 is 1.66. The van der Waals surface area contributed by atoms with Gasteiger partial charge < -0.3 is 15.2 Å². The van der Waals surface area contributed by atoms with Gasteiger partial charge in [0.2, 0.25) is 0 Å². The molecule has 0 spiro atoms. The second-order valence-corrected chi connectivity index (χ2v) is 5.40. The van der Waals surface area contributed by atoms with Gasteiger partial charge in [0, 0.05) is 45.3 Å². The van der Waals surface area contributed by atoms with Crippen LogP contribution in [0.1, 0.15) is 18.8 Å². The van der Waals surface area contributed by atoms with Gasteiger partial charge in [0.05, 0.1) is 17.9 Å². The van der Waals surface area contributed by atoms with E-state index >= 15 is 0 Å². The summed E-state index contributed by atoms with van der Waals surface area (Å²) in [6, 6.07) is 0.00806. The Labute approximate surface area is 129 Å². The summed E-state index contributed by atoms with van der Waals surface area (Å²) in [5.41, 5.74) is 0.708. The molecule has 1 saturated heterocycles. The van der Waals surface area contributed by atoms with Crippen molar-refractivity contribution in [3.05, 3.63) is 30.6 Å². The zero-order chi connectivity index (χ0) is 15.5. The van der Waals surface area contributed by atoms with Crippen molar-refractivity contribution >= 4 is 11.7 Å². The molecule has 0 saturated carbocycles. The van der Waals surface area contributed by atoms with Crippen LogP contribution in [-0.2, 0) is 7.05 Å². The Morgan fingerprint density at radius 3 is 3.00 bits per heavy atom. The highest BCUT2D eigenvalue weighted by Crippen LogP contribution is 2.23. The molecule has 2 N–H and O–H groups in total. The van der Waals surface area contributed by atoms with E-state index in [4.69, 9.17) is 0 Å². The van der Waals surface area contributed by atoms with Gasteiger partial charge in [-0.2, -0.15) is 5.10 Å². The fraction of sp³-hybridized carbons (Fsp3) is 0.500. The van der Waals surface area contributed by atoms with Crippen molar-refractivity contribution in [3.8, 4) is 0 Å². The number of rotatable bonds is 3. The smallest absolute Gasteiger partial charge is 0.322 e. The summed E-state index contributed by atoms with van der Waals surface area (Å²) in [5.74, 6) is 0.903. The van der Waals surface area contributed by atoms with Gasteiger partial charge in [0.1, 0.15) is 5.82 Å². The van der Waals surface area contributed by atoms with Gasteiger partial charge in [-0.05, 0) is 6.54 Å². The summed E-state index contributed by atoms with van der Waals surface area (Å²) in [6.45, 7) is 5.22. The van der Waals surface area contributed by atoms with E-state index in [1.54, 1.807) is 23.3 Å². The number of hydrogen-bond acceptors (Lipinski definition) is 4. The largest absolute Gasteiger partial charge is 0.347 e. The Hall–Kier alpha value is -2.35. The Bertz CT molecular complexity index is 621. The predicted octanol–water partition coefficient (Wildman–Crippen LogP) is 1.05. The molecule has 3 heterocycles. The van der Waals surface area contributed by atoms with Gasteiger partial charge in [-0.3, -0.25) is 9.58 Å². The maximum Gasteiger partial charge on any atom is 0.322 e. The van der Waals surface area contributed by atoms with Crippen molar-refractivity contribution in [1.82, 2.24) is 29.5 Å². The van der Waals surface area contributed by atoms with Crippen LogP contribution >= 0.6 is 0 Å². The number of aromatic amines is 1. The number of H-pyrrole nitrogens is 1. The molecular formula is C14H21N7O. The van der Waals surface area contributed by atoms with Crippen LogP contribution in [-0.4, -0.2) is 61.8 Å². The molecule has 118 valence electrons. The lowest BCUT2D eigenvalue weighted by atomic mass is 10.1. The number of nitrogens with zero attached hydrogens (tertiary/aromatic N) is 5. The SMILES string of the molecule is CCN1CCN(C(=O)Nc2cnn(C)c2)C[C@@H]1c1ncc[nH]1. The maximum atomic E-state index is 12.4. The molecule has 22 heavy (non-hydrogen) atoms. The second-order valence-electron chi connectivity index (χ2n) is 5.40. The van der Waals surface area contributed by atoms with E-state index < -0.39 is 0 Å².